The number of hydrogen-bond acceptors (Lipinski definition) is 2. The van der Waals surface area contributed by atoms with E-state index in [1.165, 1.54) is 5.56 Å². The number of hydrogen-bond donors (Lipinski definition) is 1. The molecule has 1 N–H and O–H groups in total. The fraction of sp³-hybridized carbons (Fsp3) is 0.600. The summed E-state index contributed by atoms with van der Waals surface area (Å²) in [5.41, 5.74) is 1.30. The van der Waals surface area contributed by atoms with E-state index >= 15 is 0 Å². The van der Waals surface area contributed by atoms with Crippen molar-refractivity contribution in [3.05, 3.63) is 34.1 Å². The van der Waals surface area contributed by atoms with Gasteiger partial charge in [-0.05, 0) is 39.0 Å². The molecule has 0 aliphatic carbocycles. The zero-order valence-electron chi connectivity index (χ0n) is 11.8. The van der Waals surface area contributed by atoms with Crippen molar-refractivity contribution >= 4 is 15.9 Å². The van der Waals surface area contributed by atoms with E-state index in [0.717, 1.165) is 26.2 Å². The van der Waals surface area contributed by atoms with Gasteiger partial charge in [0.25, 0.3) is 0 Å². The Balaban J connectivity index is 2.33. The Hall–Kier alpha value is -0.450. The molecule has 1 aromatic carbocycles. The van der Waals surface area contributed by atoms with Gasteiger partial charge in [0.1, 0.15) is 5.82 Å². The topological polar surface area (TPSA) is 15.3 Å². The zero-order valence-corrected chi connectivity index (χ0v) is 13.4. The van der Waals surface area contributed by atoms with Crippen molar-refractivity contribution < 1.29 is 4.39 Å². The maximum Gasteiger partial charge on any atom is 0.137 e. The lowest BCUT2D eigenvalue weighted by Crippen LogP contribution is -2.48. The lowest BCUT2D eigenvalue weighted by atomic mass is 9.81. The van der Waals surface area contributed by atoms with Crippen LogP contribution < -0.4 is 5.32 Å². The van der Waals surface area contributed by atoms with Crippen LogP contribution in [0.3, 0.4) is 0 Å². The van der Waals surface area contributed by atoms with Gasteiger partial charge in [-0.3, -0.25) is 4.90 Å². The average molecular weight is 329 g/mol. The Morgan fingerprint density at radius 1 is 1.26 bits per heavy atom. The number of piperazine rings is 1. The lowest BCUT2D eigenvalue weighted by Gasteiger charge is -2.42. The number of halogens is 2. The summed E-state index contributed by atoms with van der Waals surface area (Å²) in [5, 5.41) is 3.38. The van der Waals surface area contributed by atoms with Gasteiger partial charge in [-0.2, -0.15) is 0 Å². The second-order valence-corrected chi connectivity index (χ2v) is 7.08. The first-order valence-corrected chi connectivity index (χ1v) is 7.58. The van der Waals surface area contributed by atoms with Gasteiger partial charge in [0, 0.05) is 32.2 Å². The minimum atomic E-state index is -0.197. The first-order valence-electron chi connectivity index (χ1n) is 6.79. The van der Waals surface area contributed by atoms with Crippen LogP contribution in [-0.4, -0.2) is 31.1 Å². The fourth-order valence-electron chi connectivity index (χ4n) is 2.88. The molecule has 0 saturated carbocycles. The first-order chi connectivity index (χ1) is 8.89. The first kappa shape index (κ1) is 14.9. The van der Waals surface area contributed by atoms with Gasteiger partial charge in [0.15, 0.2) is 0 Å². The third-order valence-electron chi connectivity index (χ3n) is 3.60. The van der Waals surface area contributed by atoms with Crippen LogP contribution in [0.2, 0.25) is 0 Å². The molecule has 2 nitrogen and oxygen atoms in total. The fourth-order valence-corrected chi connectivity index (χ4v) is 3.28. The highest BCUT2D eigenvalue weighted by atomic mass is 79.9. The van der Waals surface area contributed by atoms with E-state index in [9.17, 15) is 4.39 Å². The minimum absolute atomic E-state index is 0.120. The molecule has 1 saturated heterocycles. The van der Waals surface area contributed by atoms with Crippen LogP contribution in [0.5, 0.6) is 0 Å². The zero-order chi connectivity index (χ0) is 14.0. The van der Waals surface area contributed by atoms with Crippen LogP contribution in [0.15, 0.2) is 22.7 Å². The van der Waals surface area contributed by atoms with Crippen LogP contribution in [-0.2, 0) is 0 Å². The van der Waals surface area contributed by atoms with Gasteiger partial charge in [0.05, 0.1) is 4.47 Å². The molecular formula is C15H22BrFN2. The van der Waals surface area contributed by atoms with E-state index in [1.54, 1.807) is 6.07 Å². The third-order valence-corrected chi connectivity index (χ3v) is 4.20. The summed E-state index contributed by atoms with van der Waals surface area (Å²) < 4.78 is 14.0. The summed E-state index contributed by atoms with van der Waals surface area (Å²) in [7, 11) is 0. The summed E-state index contributed by atoms with van der Waals surface area (Å²) in [6.45, 7) is 10.9. The maximum absolute atomic E-state index is 13.4. The van der Waals surface area contributed by atoms with Crippen molar-refractivity contribution in [2.45, 2.75) is 26.8 Å². The van der Waals surface area contributed by atoms with Crippen LogP contribution in [0.1, 0.15) is 32.4 Å². The highest BCUT2D eigenvalue weighted by Crippen LogP contribution is 2.39. The second-order valence-electron chi connectivity index (χ2n) is 6.23. The number of nitrogens with one attached hydrogen (secondary N) is 1. The van der Waals surface area contributed by atoms with Crippen molar-refractivity contribution in [3.63, 3.8) is 0 Å². The molecule has 1 heterocycles. The van der Waals surface area contributed by atoms with E-state index in [-0.39, 0.29) is 11.2 Å². The van der Waals surface area contributed by atoms with E-state index in [1.807, 2.05) is 12.1 Å². The van der Waals surface area contributed by atoms with Crippen LogP contribution in [0.4, 0.5) is 4.39 Å². The highest BCUT2D eigenvalue weighted by Gasteiger charge is 2.32. The van der Waals surface area contributed by atoms with Gasteiger partial charge in [-0.25, -0.2) is 4.39 Å². The number of nitrogens with zero attached hydrogens (tertiary/aromatic N) is 1. The molecule has 1 fully saturated rings. The Morgan fingerprint density at radius 3 is 2.42 bits per heavy atom. The molecule has 0 bridgehead atoms. The molecule has 0 amide bonds. The van der Waals surface area contributed by atoms with Gasteiger partial charge in [-0.1, -0.05) is 26.8 Å². The quantitative estimate of drug-likeness (QED) is 0.892. The molecule has 0 aromatic heterocycles. The predicted octanol–water partition coefficient (Wildman–Crippen LogP) is 3.58. The standard InChI is InChI=1S/C15H22BrFN2/c1-15(2,3)14(19-8-6-18-7-9-19)11-4-5-13(17)12(16)10-11/h4-5,10,14,18H,6-9H2,1-3H3/t14-/m0/s1. The Kier molecular flexibility index (Phi) is 4.64. The van der Waals surface area contributed by atoms with Crippen molar-refractivity contribution in [2.75, 3.05) is 26.2 Å². The van der Waals surface area contributed by atoms with E-state index in [2.05, 4.69) is 46.9 Å². The predicted molar refractivity (Wildman–Crippen MR) is 80.7 cm³/mol. The van der Waals surface area contributed by atoms with Crippen molar-refractivity contribution in [2.24, 2.45) is 5.41 Å². The lowest BCUT2D eigenvalue weighted by molar-refractivity contribution is 0.0861. The van der Waals surface area contributed by atoms with Gasteiger partial charge >= 0.3 is 0 Å². The van der Waals surface area contributed by atoms with Crippen molar-refractivity contribution in [3.8, 4) is 0 Å². The second kappa shape index (κ2) is 5.90. The molecular weight excluding hydrogens is 307 g/mol. The van der Waals surface area contributed by atoms with Crippen LogP contribution >= 0.6 is 15.9 Å². The molecule has 0 unspecified atom stereocenters. The SMILES string of the molecule is CC(C)(C)[C@H](c1ccc(F)c(Br)c1)N1CCNCC1. The van der Waals surface area contributed by atoms with Crippen molar-refractivity contribution in [1.82, 2.24) is 10.2 Å². The molecule has 106 valence electrons. The molecule has 1 aliphatic heterocycles. The van der Waals surface area contributed by atoms with E-state index in [0.29, 0.717) is 10.5 Å². The third kappa shape index (κ3) is 3.56. The van der Waals surface area contributed by atoms with E-state index in [4.69, 9.17) is 0 Å². The Labute approximate surface area is 123 Å². The number of benzene rings is 1. The smallest absolute Gasteiger partial charge is 0.137 e. The summed E-state index contributed by atoms with van der Waals surface area (Å²) in [6.07, 6.45) is 0. The van der Waals surface area contributed by atoms with Crippen molar-refractivity contribution in [1.29, 1.82) is 0 Å². The molecule has 2 rings (SSSR count). The Morgan fingerprint density at radius 2 is 1.89 bits per heavy atom. The van der Waals surface area contributed by atoms with Crippen LogP contribution in [0.25, 0.3) is 0 Å². The molecule has 1 aromatic rings. The summed E-state index contributed by atoms with van der Waals surface area (Å²) in [4.78, 5) is 2.50. The molecule has 19 heavy (non-hydrogen) atoms. The highest BCUT2D eigenvalue weighted by molar-refractivity contribution is 9.10. The number of rotatable bonds is 2. The molecule has 1 atom stereocenters. The van der Waals surface area contributed by atoms with E-state index < -0.39 is 0 Å². The van der Waals surface area contributed by atoms with Crippen LogP contribution in [0, 0.1) is 11.2 Å². The minimum Gasteiger partial charge on any atom is -0.314 e. The summed E-state index contributed by atoms with van der Waals surface area (Å²) in [5.74, 6) is -0.197. The Bertz CT molecular complexity index is 436. The van der Waals surface area contributed by atoms with Gasteiger partial charge < -0.3 is 5.32 Å². The molecule has 0 spiro atoms. The average Bonchev–Trinajstić information content (AvgIpc) is 2.34. The summed E-state index contributed by atoms with van der Waals surface area (Å²) >= 11 is 3.30. The largest absolute Gasteiger partial charge is 0.314 e. The van der Waals surface area contributed by atoms with Gasteiger partial charge in [0.2, 0.25) is 0 Å². The molecule has 0 radical (unpaired) electrons. The molecule has 4 heteroatoms. The maximum atomic E-state index is 13.4. The normalized spacial score (nSPS) is 19.4. The van der Waals surface area contributed by atoms with Gasteiger partial charge in [-0.15, -0.1) is 0 Å². The monoisotopic (exact) mass is 328 g/mol. The summed E-state index contributed by atoms with van der Waals surface area (Å²) in [6, 6.07) is 5.71. The molecule has 1 aliphatic rings.